The maximum absolute atomic E-state index is 12.2. The average Bonchev–Trinajstić information content (AvgIpc) is 2.38. The number of alkyl halides is 3. The molecule has 0 aliphatic rings. The monoisotopic (exact) mass is 295 g/mol. The van der Waals surface area contributed by atoms with Crippen molar-refractivity contribution in [1.82, 2.24) is 0 Å². The standard InChI is InChI=1S/C12H16F3NO2S/c1-17-11(18-2)7-16-9-5-3-4-6-10(9)19-8-12(13,14)15/h3-6,11,16H,7-8H2,1-2H3. The summed E-state index contributed by atoms with van der Waals surface area (Å²) in [4.78, 5) is 0.547. The number of thioether (sulfide) groups is 1. The van der Waals surface area contributed by atoms with Crippen LogP contribution in [0.15, 0.2) is 29.2 Å². The molecule has 0 atom stereocenters. The van der Waals surface area contributed by atoms with E-state index < -0.39 is 18.2 Å². The van der Waals surface area contributed by atoms with Crippen LogP contribution >= 0.6 is 11.8 Å². The highest BCUT2D eigenvalue weighted by atomic mass is 32.2. The van der Waals surface area contributed by atoms with Crippen LogP contribution in [0.4, 0.5) is 18.9 Å². The van der Waals surface area contributed by atoms with Crippen molar-refractivity contribution < 1.29 is 22.6 Å². The van der Waals surface area contributed by atoms with Gasteiger partial charge in [-0.05, 0) is 12.1 Å². The van der Waals surface area contributed by atoms with E-state index >= 15 is 0 Å². The summed E-state index contributed by atoms with van der Waals surface area (Å²) in [6, 6.07) is 6.83. The van der Waals surface area contributed by atoms with Crippen LogP contribution in [0.25, 0.3) is 0 Å². The summed E-state index contributed by atoms with van der Waals surface area (Å²) in [7, 11) is 3.00. The lowest BCUT2D eigenvalue weighted by Crippen LogP contribution is -2.23. The molecule has 1 N–H and O–H groups in total. The van der Waals surface area contributed by atoms with Crippen molar-refractivity contribution in [3.63, 3.8) is 0 Å². The average molecular weight is 295 g/mol. The maximum Gasteiger partial charge on any atom is 0.398 e. The molecule has 0 spiro atoms. The summed E-state index contributed by atoms with van der Waals surface area (Å²) >= 11 is 0.752. The van der Waals surface area contributed by atoms with Crippen molar-refractivity contribution in [2.45, 2.75) is 17.4 Å². The molecule has 0 unspecified atom stereocenters. The second-order valence-electron chi connectivity index (χ2n) is 3.68. The Morgan fingerprint density at radius 2 is 1.84 bits per heavy atom. The van der Waals surface area contributed by atoms with Gasteiger partial charge in [0.15, 0.2) is 6.29 Å². The summed E-state index contributed by atoms with van der Waals surface area (Å²) < 4.78 is 46.7. The fraction of sp³-hybridized carbons (Fsp3) is 0.500. The second kappa shape index (κ2) is 7.62. The smallest absolute Gasteiger partial charge is 0.379 e. The molecule has 0 aliphatic carbocycles. The normalized spacial score (nSPS) is 11.9. The van der Waals surface area contributed by atoms with Gasteiger partial charge in [0.1, 0.15) is 0 Å². The molecular weight excluding hydrogens is 279 g/mol. The first kappa shape index (κ1) is 16.1. The van der Waals surface area contributed by atoms with Crippen molar-refractivity contribution in [3.8, 4) is 0 Å². The summed E-state index contributed by atoms with van der Waals surface area (Å²) in [5.74, 6) is -0.913. The van der Waals surface area contributed by atoms with Crippen molar-refractivity contribution in [1.29, 1.82) is 0 Å². The Labute approximate surface area is 114 Å². The summed E-state index contributed by atoms with van der Waals surface area (Å²) in [6.07, 6.45) is -4.62. The van der Waals surface area contributed by atoms with Gasteiger partial charge in [-0.2, -0.15) is 13.2 Å². The number of halogens is 3. The van der Waals surface area contributed by atoms with Crippen molar-refractivity contribution >= 4 is 17.4 Å². The molecular formula is C12H16F3NO2S. The van der Waals surface area contributed by atoms with Gasteiger partial charge >= 0.3 is 6.18 Å². The first-order valence-electron chi connectivity index (χ1n) is 5.54. The zero-order valence-corrected chi connectivity index (χ0v) is 11.5. The second-order valence-corrected chi connectivity index (χ2v) is 4.70. The Hall–Kier alpha value is -0.920. The molecule has 0 aromatic heterocycles. The molecule has 108 valence electrons. The predicted molar refractivity (Wildman–Crippen MR) is 69.5 cm³/mol. The molecule has 0 aliphatic heterocycles. The zero-order chi connectivity index (χ0) is 14.3. The van der Waals surface area contributed by atoms with E-state index in [9.17, 15) is 13.2 Å². The number of benzene rings is 1. The third kappa shape index (κ3) is 6.17. The van der Waals surface area contributed by atoms with Crippen molar-refractivity contribution in [2.24, 2.45) is 0 Å². The van der Waals surface area contributed by atoms with Crippen LogP contribution in [0, 0.1) is 0 Å². The SMILES string of the molecule is COC(CNc1ccccc1SCC(F)(F)F)OC. The van der Waals surface area contributed by atoms with Crippen molar-refractivity contribution in [2.75, 3.05) is 31.8 Å². The van der Waals surface area contributed by atoms with Crippen LogP contribution in [-0.2, 0) is 9.47 Å². The molecule has 1 rings (SSSR count). The molecule has 0 bridgehead atoms. The van der Waals surface area contributed by atoms with Gasteiger partial charge in [-0.1, -0.05) is 12.1 Å². The molecule has 3 nitrogen and oxygen atoms in total. The van der Waals surface area contributed by atoms with Gasteiger partial charge in [-0.3, -0.25) is 0 Å². The number of anilines is 1. The number of ether oxygens (including phenoxy) is 2. The molecule has 0 heterocycles. The van der Waals surface area contributed by atoms with Gasteiger partial charge in [-0.15, -0.1) is 11.8 Å². The lowest BCUT2D eigenvalue weighted by molar-refractivity contribution is -0.105. The highest BCUT2D eigenvalue weighted by molar-refractivity contribution is 7.99. The first-order valence-corrected chi connectivity index (χ1v) is 6.53. The number of nitrogens with one attached hydrogen (secondary N) is 1. The van der Waals surface area contributed by atoms with Crippen LogP contribution in [0.3, 0.4) is 0 Å². The van der Waals surface area contributed by atoms with Gasteiger partial charge in [0, 0.05) is 24.8 Å². The Balaban J connectivity index is 2.62. The molecule has 0 saturated heterocycles. The third-order valence-electron chi connectivity index (χ3n) is 2.26. The van der Waals surface area contributed by atoms with E-state index in [2.05, 4.69) is 5.32 Å². The van der Waals surface area contributed by atoms with Crippen molar-refractivity contribution in [3.05, 3.63) is 24.3 Å². The molecule has 0 radical (unpaired) electrons. The van der Waals surface area contributed by atoms with Gasteiger partial charge in [0.25, 0.3) is 0 Å². The van der Waals surface area contributed by atoms with E-state index in [1.54, 1.807) is 24.3 Å². The van der Waals surface area contributed by atoms with Crippen LogP contribution in [-0.4, -0.2) is 39.0 Å². The molecule has 19 heavy (non-hydrogen) atoms. The Morgan fingerprint density at radius 3 is 2.42 bits per heavy atom. The van der Waals surface area contributed by atoms with E-state index in [1.807, 2.05) is 0 Å². The van der Waals surface area contributed by atoms with E-state index in [1.165, 1.54) is 14.2 Å². The molecule has 0 amide bonds. The number of rotatable bonds is 7. The quantitative estimate of drug-likeness (QED) is 0.617. The van der Waals surface area contributed by atoms with Gasteiger partial charge in [-0.25, -0.2) is 0 Å². The fourth-order valence-corrected chi connectivity index (χ4v) is 2.14. The Kier molecular flexibility index (Phi) is 6.47. The Bertz CT molecular complexity index is 383. The van der Waals surface area contributed by atoms with Gasteiger partial charge in [0.05, 0.1) is 12.3 Å². The number of para-hydroxylation sites is 1. The summed E-state index contributed by atoms with van der Waals surface area (Å²) in [6.45, 7) is 0.358. The van der Waals surface area contributed by atoms with Gasteiger partial charge < -0.3 is 14.8 Å². The molecule has 1 aromatic carbocycles. The largest absolute Gasteiger partial charge is 0.398 e. The number of hydrogen-bond donors (Lipinski definition) is 1. The molecule has 0 saturated carbocycles. The van der Waals surface area contributed by atoms with Crippen LogP contribution in [0.2, 0.25) is 0 Å². The third-order valence-corrected chi connectivity index (χ3v) is 3.40. The molecule has 0 fully saturated rings. The van der Waals surface area contributed by atoms with E-state index in [-0.39, 0.29) is 0 Å². The Morgan fingerprint density at radius 1 is 1.21 bits per heavy atom. The minimum Gasteiger partial charge on any atom is -0.379 e. The lowest BCUT2D eigenvalue weighted by Gasteiger charge is -2.17. The predicted octanol–water partition coefficient (Wildman–Crippen LogP) is 3.37. The molecule has 1 aromatic rings. The zero-order valence-electron chi connectivity index (χ0n) is 10.7. The van der Waals surface area contributed by atoms with E-state index in [4.69, 9.17) is 9.47 Å². The van der Waals surface area contributed by atoms with Crippen LogP contribution in [0.5, 0.6) is 0 Å². The van der Waals surface area contributed by atoms with Gasteiger partial charge in [0.2, 0.25) is 0 Å². The minimum atomic E-state index is -4.18. The summed E-state index contributed by atoms with van der Waals surface area (Å²) in [5, 5.41) is 3.01. The summed E-state index contributed by atoms with van der Waals surface area (Å²) in [5.41, 5.74) is 0.635. The first-order chi connectivity index (χ1) is 8.96. The number of methoxy groups -OCH3 is 2. The van der Waals surface area contributed by atoms with Crippen LogP contribution in [0.1, 0.15) is 0 Å². The highest BCUT2D eigenvalue weighted by Gasteiger charge is 2.27. The fourth-order valence-electron chi connectivity index (χ4n) is 1.35. The minimum absolute atomic E-state index is 0.358. The van der Waals surface area contributed by atoms with E-state index in [0.29, 0.717) is 17.1 Å². The van der Waals surface area contributed by atoms with E-state index in [0.717, 1.165) is 11.8 Å². The lowest BCUT2D eigenvalue weighted by atomic mass is 10.3. The highest BCUT2D eigenvalue weighted by Crippen LogP contribution is 2.32. The number of hydrogen-bond acceptors (Lipinski definition) is 4. The van der Waals surface area contributed by atoms with Crippen LogP contribution < -0.4 is 5.32 Å². The topological polar surface area (TPSA) is 30.5 Å². The maximum atomic E-state index is 12.2. The molecule has 7 heteroatoms.